The predicted molar refractivity (Wildman–Crippen MR) is 122 cm³/mol. The molecule has 1 amide bonds. The molecule has 0 bridgehead atoms. The average molecular weight is 426 g/mol. The van der Waals surface area contributed by atoms with E-state index in [2.05, 4.69) is 19.2 Å². The van der Waals surface area contributed by atoms with Gasteiger partial charge in [-0.05, 0) is 83.5 Å². The van der Waals surface area contributed by atoms with Crippen molar-refractivity contribution in [3.8, 4) is 0 Å². The molecule has 2 rings (SSSR count). The van der Waals surface area contributed by atoms with Gasteiger partial charge in [-0.15, -0.1) is 0 Å². The molecule has 5 nitrogen and oxygen atoms in total. The van der Waals surface area contributed by atoms with Crippen LogP contribution in [0.25, 0.3) is 0 Å². The fourth-order valence-corrected chi connectivity index (χ4v) is 4.77. The van der Waals surface area contributed by atoms with E-state index in [0.717, 1.165) is 45.3 Å². The molecule has 0 radical (unpaired) electrons. The van der Waals surface area contributed by atoms with Crippen LogP contribution in [0.15, 0.2) is 0 Å². The third kappa shape index (κ3) is 9.47. The molecule has 0 unspecified atom stereocenters. The first-order valence-electron chi connectivity index (χ1n) is 12.4. The summed E-state index contributed by atoms with van der Waals surface area (Å²) >= 11 is 0. The van der Waals surface area contributed by atoms with Crippen LogP contribution in [0.2, 0.25) is 0 Å². The van der Waals surface area contributed by atoms with Crippen LogP contribution < -0.4 is 5.32 Å². The fraction of sp³-hybridized carbons (Fsp3) is 0.920. The molecule has 0 saturated heterocycles. The van der Waals surface area contributed by atoms with E-state index in [9.17, 15) is 9.59 Å². The molecule has 0 aromatic carbocycles. The van der Waals surface area contributed by atoms with Crippen molar-refractivity contribution < 1.29 is 20.5 Å². The summed E-state index contributed by atoms with van der Waals surface area (Å²) in [5.41, 5.74) is 0. The van der Waals surface area contributed by atoms with Crippen LogP contribution in [0.5, 0.6) is 0 Å². The lowest BCUT2D eigenvalue weighted by Gasteiger charge is -2.29. The molecule has 5 heteroatoms. The minimum absolute atomic E-state index is 0. The minimum atomic E-state index is 0. The molecule has 0 heterocycles. The minimum Gasteiger partial charge on any atom is -0.381 e. The summed E-state index contributed by atoms with van der Waals surface area (Å²) in [4.78, 5) is 24.3. The van der Waals surface area contributed by atoms with Crippen molar-refractivity contribution in [2.24, 2.45) is 23.7 Å². The first-order valence-corrected chi connectivity index (χ1v) is 12.4. The second-order valence-electron chi connectivity index (χ2n) is 10.1. The topological polar surface area (TPSA) is 64.6 Å². The SMILES string of the molecule is CC(C)OCC1CCC(COCCCC(=O)NC2CCC(C(=O)C(C)C)CC2)CC1.[HH]. The van der Waals surface area contributed by atoms with Gasteiger partial charge in [-0.2, -0.15) is 0 Å². The van der Waals surface area contributed by atoms with Crippen molar-refractivity contribution in [3.63, 3.8) is 0 Å². The molecule has 2 saturated carbocycles. The number of carbonyl (C=O) groups is 2. The van der Waals surface area contributed by atoms with Crippen LogP contribution in [-0.4, -0.2) is 43.7 Å². The monoisotopic (exact) mass is 425 g/mol. The van der Waals surface area contributed by atoms with Crippen molar-refractivity contribution >= 4 is 11.7 Å². The van der Waals surface area contributed by atoms with Crippen molar-refractivity contribution in [2.45, 2.75) is 104 Å². The van der Waals surface area contributed by atoms with Gasteiger partial charge < -0.3 is 14.8 Å². The lowest BCUT2D eigenvalue weighted by Crippen LogP contribution is -2.39. The third-order valence-electron chi connectivity index (χ3n) is 6.74. The molecule has 30 heavy (non-hydrogen) atoms. The van der Waals surface area contributed by atoms with Crippen LogP contribution in [0, 0.1) is 23.7 Å². The highest BCUT2D eigenvalue weighted by molar-refractivity contribution is 5.83. The number of hydrogen-bond acceptors (Lipinski definition) is 4. The summed E-state index contributed by atoms with van der Waals surface area (Å²) in [6.45, 7) is 10.5. The number of carbonyl (C=O) groups excluding carboxylic acids is 2. The van der Waals surface area contributed by atoms with E-state index in [1.54, 1.807) is 0 Å². The summed E-state index contributed by atoms with van der Waals surface area (Å²) in [7, 11) is 0. The number of Topliss-reactive ketones (excluding diaryl/α,β-unsaturated/α-hetero) is 1. The van der Waals surface area contributed by atoms with Crippen LogP contribution in [-0.2, 0) is 19.1 Å². The predicted octanol–water partition coefficient (Wildman–Crippen LogP) is 5.16. The largest absolute Gasteiger partial charge is 0.381 e. The zero-order valence-electron chi connectivity index (χ0n) is 19.8. The van der Waals surface area contributed by atoms with Crippen LogP contribution in [0.1, 0.15) is 93.3 Å². The highest BCUT2D eigenvalue weighted by Gasteiger charge is 2.28. The van der Waals surface area contributed by atoms with Gasteiger partial charge in [0.15, 0.2) is 0 Å². The molecule has 2 aliphatic rings. The maximum absolute atomic E-state index is 12.2. The molecule has 0 aliphatic heterocycles. The van der Waals surface area contributed by atoms with E-state index >= 15 is 0 Å². The Labute approximate surface area is 185 Å². The zero-order valence-corrected chi connectivity index (χ0v) is 19.8. The zero-order chi connectivity index (χ0) is 21.9. The lowest BCUT2D eigenvalue weighted by molar-refractivity contribution is -0.127. The first-order chi connectivity index (χ1) is 14.3. The molecule has 2 fully saturated rings. The molecular weight excluding hydrogens is 378 g/mol. The highest BCUT2D eigenvalue weighted by atomic mass is 16.5. The van der Waals surface area contributed by atoms with E-state index in [0.29, 0.717) is 36.8 Å². The van der Waals surface area contributed by atoms with Gasteiger partial charge in [0.05, 0.1) is 6.10 Å². The number of nitrogens with one attached hydrogen (secondary N) is 1. The molecule has 2 aliphatic carbocycles. The summed E-state index contributed by atoms with van der Waals surface area (Å²) in [5.74, 6) is 2.21. The molecular formula is C25H47NO4. The number of rotatable bonds is 12. The van der Waals surface area contributed by atoms with Gasteiger partial charge in [0.25, 0.3) is 0 Å². The van der Waals surface area contributed by atoms with Gasteiger partial charge in [-0.3, -0.25) is 9.59 Å². The van der Waals surface area contributed by atoms with Gasteiger partial charge in [-0.1, -0.05) is 13.8 Å². The van der Waals surface area contributed by atoms with Gasteiger partial charge in [-0.25, -0.2) is 0 Å². The Morgan fingerprint density at radius 3 is 2.07 bits per heavy atom. The summed E-state index contributed by atoms with van der Waals surface area (Å²) in [5, 5.41) is 3.15. The Bertz CT molecular complexity index is 510. The van der Waals surface area contributed by atoms with E-state index in [-0.39, 0.29) is 25.2 Å². The quantitative estimate of drug-likeness (QED) is 0.439. The van der Waals surface area contributed by atoms with Crippen molar-refractivity contribution in [2.75, 3.05) is 19.8 Å². The summed E-state index contributed by atoms with van der Waals surface area (Å²) < 4.78 is 11.6. The van der Waals surface area contributed by atoms with Crippen LogP contribution in [0.3, 0.4) is 0 Å². The Hall–Kier alpha value is -0.940. The molecule has 0 spiro atoms. The standard InChI is InChI=1S/C25H45NO4.H2/c1-18(2)25(28)22-11-13-23(14-12-22)26-24(27)6-5-15-29-16-20-7-9-21(10-8-20)17-30-19(3)4;/h18-23H,5-17H2,1-4H3,(H,26,27);1H. The van der Waals surface area contributed by atoms with Gasteiger partial charge in [0, 0.05) is 45.5 Å². The summed E-state index contributed by atoms with van der Waals surface area (Å²) in [6, 6.07) is 0.240. The van der Waals surface area contributed by atoms with Crippen molar-refractivity contribution in [1.82, 2.24) is 5.32 Å². The van der Waals surface area contributed by atoms with Gasteiger partial charge in [0.2, 0.25) is 5.91 Å². The maximum atomic E-state index is 12.2. The smallest absolute Gasteiger partial charge is 0.220 e. The lowest BCUT2D eigenvalue weighted by atomic mass is 9.80. The average Bonchev–Trinajstić information content (AvgIpc) is 2.72. The Balaban J connectivity index is 0.00000480. The second kappa shape index (κ2) is 13.5. The van der Waals surface area contributed by atoms with E-state index < -0.39 is 0 Å². The number of amides is 1. The normalized spacial score (nSPS) is 27.4. The maximum Gasteiger partial charge on any atom is 0.220 e. The number of ether oxygens (including phenoxy) is 2. The Morgan fingerprint density at radius 2 is 1.50 bits per heavy atom. The fourth-order valence-electron chi connectivity index (χ4n) is 4.77. The Morgan fingerprint density at radius 1 is 0.900 bits per heavy atom. The third-order valence-corrected chi connectivity index (χ3v) is 6.74. The van der Waals surface area contributed by atoms with Gasteiger partial charge >= 0.3 is 0 Å². The second-order valence-corrected chi connectivity index (χ2v) is 10.1. The van der Waals surface area contributed by atoms with E-state index in [4.69, 9.17) is 9.47 Å². The van der Waals surface area contributed by atoms with E-state index in [1.165, 1.54) is 25.7 Å². The Kier molecular flexibility index (Phi) is 11.4. The number of ketones is 1. The molecule has 1 N–H and O–H groups in total. The summed E-state index contributed by atoms with van der Waals surface area (Å²) in [6.07, 6.45) is 10.3. The number of hydrogen-bond donors (Lipinski definition) is 1. The van der Waals surface area contributed by atoms with Crippen molar-refractivity contribution in [3.05, 3.63) is 0 Å². The van der Waals surface area contributed by atoms with Crippen molar-refractivity contribution in [1.29, 1.82) is 0 Å². The van der Waals surface area contributed by atoms with Gasteiger partial charge in [0.1, 0.15) is 5.78 Å². The van der Waals surface area contributed by atoms with Crippen LogP contribution in [0.4, 0.5) is 0 Å². The molecule has 176 valence electrons. The first kappa shape index (κ1) is 25.3. The molecule has 0 aromatic heterocycles. The molecule has 0 aromatic rings. The highest BCUT2D eigenvalue weighted by Crippen LogP contribution is 2.29. The molecule has 0 atom stereocenters. The van der Waals surface area contributed by atoms with E-state index in [1.807, 2.05) is 13.8 Å². The van der Waals surface area contributed by atoms with Crippen LogP contribution >= 0.6 is 0 Å².